The van der Waals surface area contributed by atoms with Crippen LogP contribution in [0.15, 0.2) is 6.07 Å². The Balaban J connectivity index is 1.92. The quantitative estimate of drug-likeness (QED) is 0.397. The number of carboxylic acids is 1. The molecule has 3 rings (SSSR count). The van der Waals surface area contributed by atoms with Crippen LogP contribution in [0.2, 0.25) is 0 Å². The van der Waals surface area contributed by atoms with Crippen LogP contribution < -0.4 is 10.6 Å². The fraction of sp³-hybridized carbons (Fsp3) is 0.679. The SMILES string of the molecule is CC1CCC(C(=O)N(c2cc(C#CC(C)(C)C)sc2C(=O)O)C2CCC(OC(=O)[C@@H](C)N)CC2)CC1. The second-order valence-electron chi connectivity index (χ2n) is 11.5. The number of rotatable bonds is 6. The van der Waals surface area contributed by atoms with Crippen LogP contribution in [0.4, 0.5) is 5.69 Å². The first-order valence-corrected chi connectivity index (χ1v) is 13.9. The maximum Gasteiger partial charge on any atom is 0.348 e. The Morgan fingerprint density at radius 1 is 1.11 bits per heavy atom. The zero-order chi connectivity index (χ0) is 26.6. The molecule has 1 aromatic rings. The number of hydrogen-bond acceptors (Lipinski definition) is 6. The normalized spacial score (nSPS) is 25.3. The van der Waals surface area contributed by atoms with Gasteiger partial charge in [-0.15, -0.1) is 11.3 Å². The summed E-state index contributed by atoms with van der Waals surface area (Å²) < 4.78 is 5.53. The third-order valence-electron chi connectivity index (χ3n) is 6.99. The van der Waals surface area contributed by atoms with E-state index in [1.54, 1.807) is 17.9 Å². The fourth-order valence-corrected chi connectivity index (χ4v) is 5.76. The fourth-order valence-electron chi connectivity index (χ4n) is 4.92. The number of anilines is 1. The van der Waals surface area contributed by atoms with Crippen molar-refractivity contribution in [3.63, 3.8) is 0 Å². The highest BCUT2D eigenvalue weighted by molar-refractivity contribution is 7.15. The molecule has 198 valence electrons. The van der Waals surface area contributed by atoms with Crippen LogP contribution >= 0.6 is 11.3 Å². The van der Waals surface area contributed by atoms with Gasteiger partial charge in [-0.05, 0) is 91.0 Å². The number of carbonyl (C=O) groups is 3. The molecule has 0 radical (unpaired) electrons. The molecule has 0 unspecified atom stereocenters. The van der Waals surface area contributed by atoms with Crippen molar-refractivity contribution < 1.29 is 24.2 Å². The van der Waals surface area contributed by atoms with Gasteiger partial charge in [0.1, 0.15) is 17.0 Å². The number of nitrogens with two attached hydrogens (primary N) is 1. The topological polar surface area (TPSA) is 110 Å². The molecule has 0 bridgehead atoms. The minimum atomic E-state index is -1.05. The lowest BCUT2D eigenvalue weighted by Gasteiger charge is -2.39. The predicted molar refractivity (Wildman–Crippen MR) is 142 cm³/mol. The standard InChI is InChI=1S/C28H40N2O5S/c1-17-6-8-19(9-7-17)25(31)30(20-10-12-21(13-11-20)35-27(34)18(2)29)23-16-22(14-15-28(3,4)5)36-24(23)26(32)33/h16-21H,6-13,29H2,1-5H3,(H,32,33)/t17?,18-,19?,20?,21?/m1/s1. The molecule has 7 nitrogen and oxygen atoms in total. The Labute approximate surface area is 218 Å². The largest absolute Gasteiger partial charge is 0.477 e. The first-order valence-electron chi connectivity index (χ1n) is 13.0. The highest BCUT2D eigenvalue weighted by Gasteiger charge is 2.38. The summed E-state index contributed by atoms with van der Waals surface area (Å²) in [5.41, 5.74) is 5.87. The first kappa shape index (κ1) is 28.2. The van der Waals surface area contributed by atoms with Gasteiger partial charge in [-0.25, -0.2) is 4.79 Å². The summed E-state index contributed by atoms with van der Waals surface area (Å²) in [6.07, 6.45) is 5.89. The molecule has 1 atom stereocenters. The Bertz CT molecular complexity index is 1010. The summed E-state index contributed by atoms with van der Waals surface area (Å²) in [6, 6.07) is 0.947. The van der Waals surface area contributed by atoms with Crippen molar-refractivity contribution in [2.75, 3.05) is 4.90 Å². The summed E-state index contributed by atoms with van der Waals surface area (Å²) >= 11 is 1.13. The Hall–Kier alpha value is -2.37. The number of thiophene rings is 1. The van der Waals surface area contributed by atoms with E-state index in [4.69, 9.17) is 10.5 Å². The molecule has 1 aromatic heterocycles. The summed E-state index contributed by atoms with van der Waals surface area (Å²) in [7, 11) is 0. The van der Waals surface area contributed by atoms with Crippen molar-refractivity contribution in [1.82, 2.24) is 0 Å². The van der Waals surface area contributed by atoms with Gasteiger partial charge in [0.05, 0.1) is 10.6 Å². The summed E-state index contributed by atoms with van der Waals surface area (Å²) in [4.78, 5) is 40.7. The van der Waals surface area contributed by atoms with Gasteiger partial charge in [-0.3, -0.25) is 9.59 Å². The zero-order valence-corrected chi connectivity index (χ0v) is 23.0. The highest BCUT2D eigenvalue weighted by atomic mass is 32.1. The summed E-state index contributed by atoms with van der Waals surface area (Å²) in [6.45, 7) is 9.82. The number of ether oxygens (including phenoxy) is 1. The predicted octanol–water partition coefficient (Wildman–Crippen LogP) is 5.20. The molecule has 1 heterocycles. The number of aromatic carboxylic acids is 1. The minimum absolute atomic E-state index is 0.00792. The van der Waals surface area contributed by atoms with Crippen LogP contribution in [0, 0.1) is 29.1 Å². The molecule has 2 saturated carbocycles. The molecule has 0 saturated heterocycles. The average Bonchev–Trinajstić information content (AvgIpc) is 3.23. The van der Waals surface area contributed by atoms with Crippen LogP contribution in [0.5, 0.6) is 0 Å². The molecule has 2 aliphatic rings. The van der Waals surface area contributed by atoms with Crippen LogP contribution in [-0.2, 0) is 14.3 Å². The van der Waals surface area contributed by atoms with Crippen molar-refractivity contribution in [2.45, 2.75) is 104 Å². The van der Waals surface area contributed by atoms with E-state index in [-0.39, 0.29) is 34.3 Å². The van der Waals surface area contributed by atoms with Crippen LogP contribution in [0.3, 0.4) is 0 Å². The van der Waals surface area contributed by atoms with E-state index >= 15 is 0 Å². The summed E-state index contributed by atoms with van der Waals surface area (Å²) in [5.74, 6) is 5.32. The van der Waals surface area contributed by atoms with E-state index in [0.29, 0.717) is 42.2 Å². The van der Waals surface area contributed by atoms with Gasteiger partial charge in [0.2, 0.25) is 5.91 Å². The van der Waals surface area contributed by atoms with Gasteiger partial charge in [-0.1, -0.05) is 18.8 Å². The molecule has 0 aromatic carbocycles. The molecular weight excluding hydrogens is 476 g/mol. The van der Waals surface area contributed by atoms with E-state index in [1.807, 2.05) is 20.8 Å². The molecule has 3 N–H and O–H groups in total. The van der Waals surface area contributed by atoms with Gasteiger partial charge < -0.3 is 20.5 Å². The van der Waals surface area contributed by atoms with Crippen molar-refractivity contribution >= 4 is 34.9 Å². The number of hydrogen-bond donors (Lipinski definition) is 2. The first-order chi connectivity index (χ1) is 16.9. The number of nitrogens with zero attached hydrogens (tertiary/aromatic N) is 1. The number of esters is 1. The molecule has 8 heteroatoms. The van der Waals surface area contributed by atoms with Gasteiger partial charge in [0.25, 0.3) is 0 Å². The molecule has 36 heavy (non-hydrogen) atoms. The van der Waals surface area contributed by atoms with Crippen molar-refractivity contribution in [2.24, 2.45) is 23.0 Å². The van der Waals surface area contributed by atoms with E-state index in [0.717, 1.165) is 37.0 Å². The monoisotopic (exact) mass is 516 g/mol. The second-order valence-corrected chi connectivity index (χ2v) is 12.5. The Kier molecular flexibility index (Phi) is 9.23. The van der Waals surface area contributed by atoms with Gasteiger partial charge in [0, 0.05) is 17.4 Å². The minimum Gasteiger partial charge on any atom is -0.477 e. The number of carboxylic acid groups (broad SMARTS) is 1. The van der Waals surface area contributed by atoms with Gasteiger partial charge in [0.15, 0.2) is 0 Å². The lowest BCUT2D eigenvalue weighted by molar-refractivity contribution is -0.152. The van der Waals surface area contributed by atoms with E-state index in [1.165, 1.54) is 0 Å². The van der Waals surface area contributed by atoms with E-state index in [2.05, 4.69) is 18.8 Å². The second kappa shape index (κ2) is 11.8. The van der Waals surface area contributed by atoms with Crippen LogP contribution in [-0.4, -0.2) is 41.1 Å². The molecule has 2 fully saturated rings. The third kappa shape index (κ3) is 7.33. The van der Waals surface area contributed by atoms with E-state index in [9.17, 15) is 19.5 Å². The number of carbonyl (C=O) groups excluding carboxylic acids is 2. The van der Waals surface area contributed by atoms with Crippen molar-refractivity contribution in [1.29, 1.82) is 0 Å². The maximum atomic E-state index is 14.0. The molecule has 0 aliphatic heterocycles. The molecule has 0 spiro atoms. The van der Waals surface area contributed by atoms with Crippen LogP contribution in [0.1, 0.15) is 101 Å². The third-order valence-corrected chi connectivity index (χ3v) is 8.02. The molecular formula is C28H40N2O5S. The lowest BCUT2D eigenvalue weighted by Crippen LogP contribution is -2.47. The van der Waals surface area contributed by atoms with Crippen LogP contribution in [0.25, 0.3) is 0 Å². The number of amides is 1. The molecule has 2 aliphatic carbocycles. The van der Waals surface area contributed by atoms with Gasteiger partial charge >= 0.3 is 11.9 Å². The smallest absolute Gasteiger partial charge is 0.348 e. The Morgan fingerprint density at radius 3 is 2.25 bits per heavy atom. The Morgan fingerprint density at radius 2 is 1.72 bits per heavy atom. The zero-order valence-electron chi connectivity index (χ0n) is 22.1. The van der Waals surface area contributed by atoms with Crippen molar-refractivity contribution in [3.05, 3.63) is 15.8 Å². The lowest BCUT2D eigenvalue weighted by atomic mass is 9.81. The van der Waals surface area contributed by atoms with Crippen molar-refractivity contribution in [3.8, 4) is 11.8 Å². The average molecular weight is 517 g/mol. The maximum absolute atomic E-state index is 14.0. The highest BCUT2D eigenvalue weighted by Crippen LogP contribution is 2.39. The van der Waals surface area contributed by atoms with Gasteiger partial charge in [-0.2, -0.15) is 0 Å². The molecule has 1 amide bonds. The van der Waals surface area contributed by atoms with E-state index < -0.39 is 18.0 Å². The summed E-state index contributed by atoms with van der Waals surface area (Å²) in [5, 5.41) is 10.0.